The number of sulfone groups is 1. The highest BCUT2D eigenvalue weighted by atomic mass is 32.2. The van der Waals surface area contributed by atoms with Crippen molar-refractivity contribution in [3.63, 3.8) is 0 Å². The van der Waals surface area contributed by atoms with E-state index in [0.717, 1.165) is 22.5 Å². The van der Waals surface area contributed by atoms with Gasteiger partial charge in [-0.25, -0.2) is 18.2 Å². The highest BCUT2D eigenvalue weighted by Crippen LogP contribution is 2.28. The summed E-state index contributed by atoms with van der Waals surface area (Å²) >= 11 is 1.13. The molecular weight excluding hydrogens is 334 g/mol. The Kier molecular flexibility index (Phi) is 5.59. The highest BCUT2D eigenvalue weighted by Gasteiger charge is 2.18. The van der Waals surface area contributed by atoms with Gasteiger partial charge in [0, 0.05) is 11.7 Å². The molecule has 2 N–H and O–H groups in total. The van der Waals surface area contributed by atoms with Crippen molar-refractivity contribution in [3.05, 3.63) is 18.2 Å². The summed E-state index contributed by atoms with van der Waals surface area (Å²) in [5.41, 5.74) is 1.24. The number of carbonyl (C=O) groups is 1. The maximum Gasteiger partial charge on any atom is 0.319 e. The molecule has 2 aromatic rings. The van der Waals surface area contributed by atoms with Crippen molar-refractivity contribution >= 4 is 43.1 Å². The second kappa shape index (κ2) is 7.27. The molecule has 1 heterocycles. The molecule has 0 radical (unpaired) electrons. The average molecular weight is 355 g/mol. The summed E-state index contributed by atoms with van der Waals surface area (Å²) in [5, 5.41) is 5.57. The summed E-state index contributed by atoms with van der Waals surface area (Å²) in [4.78, 5) is 16.0. The molecule has 0 aliphatic carbocycles. The topological polar surface area (TPSA) is 88.2 Å². The zero-order chi connectivity index (χ0) is 17.0. The van der Waals surface area contributed by atoms with Gasteiger partial charge in [0.2, 0.25) is 14.2 Å². The molecule has 2 rings (SSSR count). The molecule has 0 saturated carbocycles. The molecule has 0 aliphatic heterocycles. The van der Waals surface area contributed by atoms with Gasteiger partial charge in [0.1, 0.15) is 0 Å². The molecule has 1 atom stereocenters. The Bertz CT molecular complexity index is 799. The van der Waals surface area contributed by atoms with Crippen molar-refractivity contribution in [2.45, 2.75) is 44.0 Å². The van der Waals surface area contributed by atoms with Crippen molar-refractivity contribution in [1.29, 1.82) is 0 Å². The van der Waals surface area contributed by atoms with E-state index in [2.05, 4.69) is 15.6 Å². The van der Waals surface area contributed by atoms with Gasteiger partial charge in [0.15, 0.2) is 0 Å². The van der Waals surface area contributed by atoms with E-state index in [-0.39, 0.29) is 22.2 Å². The Balaban J connectivity index is 2.21. The van der Waals surface area contributed by atoms with Crippen LogP contribution in [0.3, 0.4) is 0 Å². The first-order chi connectivity index (χ1) is 10.9. The van der Waals surface area contributed by atoms with E-state index in [4.69, 9.17) is 0 Å². The minimum atomic E-state index is -3.32. The van der Waals surface area contributed by atoms with Crippen LogP contribution in [-0.2, 0) is 9.84 Å². The molecule has 1 unspecified atom stereocenters. The summed E-state index contributed by atoms with van der Waals surface area (Å²) in [6.07, 6.45) is 1.40. The Labute approximate surface area is 140 Å². The van der Waals surface area contributed by atoms with Crippen molar-refractivity contribution < 1.29 is 13.2 Å². The van der Waals surface area contributed by atoms with Crippen LogP contribution in [0.5, 0.6) is 0 Å². The smallest absolute Gasteiger partial charge is 0.319 e. The molecule has 0 spiro atoms. The van der Waals surface area contributed by atoms with Crippen LogP contribution in [0.15, 0.2) is 22.5 Å². The number of hydrogen-bond donors (Lipinski definition) is 2. The van der Waals surface area contributed by atoms with Crippen LogP contribution in [0.25, 0.3) is 10.2 Å². The lowest BCUT2D eigenvalue weighted by atomic mass is 10.2. The number of benzene rings is 1. The molecule has 0 bridgehead atoms. The van der Waals surface area contributed by atoms with E-state index in [9.17, 15) is 13.2 Å². The van der Waals surface area contributed by atoms with Crippen molar-refractivity contribution in [3.8, 4) is 0 Å². The molecule has 0 saturated heterocycles. The SMILES string of the molecule is CCCS(=O)(=O)c1nc2ccc(NC(=O)NC(C)CC)cc2s1. The lowest BCUT2D eigenvalue weighted by molar-refractivity contribution is 0.249. The first kappa shape index (κ1) is 17.7. The Morgan fingerprint density at radius 1 is 1.35 bits per heavy atom. The third kappa shape index (κ3) is 4.42. The highest BCUT2D eigenvalue weighted by molar-refractivity contribution is 7.93. The van der Waals surface area contributed by atoms with Crippen LogP contribution in [0.1, 0.15) is 33.6 Å². The Morgan fingerprint density at radius 3 is 2.74 bits per heavy atom. The van der Waals surface area contributed by atoms with E-state index in [1.54, 1.807) is 18.2 Å². The molecule has 126 valence electrons. The fourth-order valence-electron chi connectivity index (χ4n) is 1.96. The number of thiazole rings is 1. The third-order valence-corrected chi connectivity index (χ3v) is 6.75. The van der Waals surface area contributed by atoms with Gasteiger partial charge in [-0.05, 0) is 38.0 Å². The quantitative estimate of drug-likeness (QED) is 0.831. The lowest BCUT2D eigenvalue weighted by Gasteiger charge is -2.12. The molecule has 0 fully saturated rings. The number of aromatic nitrogens is 1. The van der Waals surface area contributed by atoms with E-state index in [0.29, 0.717) is 17.6 Å². The summed E-state index contributed by atoms with van der Waals surface area (Å²) in [6.45, 7) is 5.74. The second-order valence-electron chi connectivity index (χ2n) is 5.39. The van der Waals surface area contributed by atoms with Crippen LogP contribution < -0.4 is 10.6 Å². The molecule has 1 aromatic heterocycles. The van der Waals surface area contributed by atoms with E-state index < -0.39 is 9.84 Å². The van der Waals surface area contributed by atoms with Gasteiger partial charge < -0.3 is 10.6 Å². The number of amides is 2. The average Bonchev–Trinajstić information content (AvgIpc) is 2.91. The van der Waals surface area contributed by atoms with E-state index in [1.807, 2.05) is 20.8 Å². The molecule has 2 amide bonds. The predicted octanol–water partition coefficient (Wildman–Crippen LogP) is 3.40. The maximum atomic E-state index is 12.1. The zero-order valence-corrected chi connectivity index (χ0v) is 15.1. The Hall–Kier alpha value is -1.67. The minimum absolute atomic E-state index is 0.0907. The van der Waals surface area contributed by atoms with Gasteiger partial charge in [-0.1, -0.05) is 13.8 Å². The van der Waals surface area contributed by atoms with Crippen LogP contribution >= 0.6 is 11.3 Å². The number of fused-ring (bicyclic) bond motifs is 1. The lowest BCUT2D eigenvalue weighted by Crippen LogP contribution is -2.35. The number of hydrogen-bond acceptors (Lipinski definition) is 5. The normalized spacial score (nSPS) is 13.0. The minimum Gasteiger partial charge on any atom is -0.335 e. The molecular formula is C15H21N3O3S2. The summed E-state index contributed by atoms with van der Waals surface area (Å²) < 4.78 is 25.0. The molecule has 8 heteroatoms. The van der Waals surface area contributed by atoms with Crippen LogP contribution in [0, 0.1) is 0 Å². The Morgan fingerprint density at radius 2 is 2.09 bits per heavy atom. The zero-order valence-electron chi connectivity index (χ0n) is 13.4. The van der Waals surface area contributed by atoms with Gasteiger partial charge >= 0.3 is 6.03 Å². The summed E-state index contributed by atoms with van der Waals surface area (Å²) in [5.74, 6) is 0.0925. The van der Waals surface area contributed by atoms with E-state index >= 15 is 0 Å². The third-order valence-electron chi connectivity index (χ3n) is 3.36. The fraction of sp³-hybridized carbons (Fsp3) is 0.467. The van der Waals surface area contributed by atoms with Gasteiger partial charge in [-0.3, -0.25) is 0 Å². The number of rotatable bonds is 6. The summed E-state index contributed by atoms with van der Waals surface area (Å²) in [6, 6.07) is 4.99. The summed E-state index contributed by atoms with van der Waals surface area (Å²) in [7, 11) is -3.32. The predicted molar refractivity (Wildman–Crippen MR) is 93.9 cm³/mol. The van der Waals surface area contributed by atoms with Crippen LogP contribution in [0.4, 0.5) is 10.5 Å². The van der Waals surface area contributed by atoms with Gasteiger partial charge in [-0.15, -0.1) is 11.3 Å². The largest absolute Gasteiger partial charge is 0.335 e. The van der Waals surface area contributed by atoms with E-state index in [1.165, 1.54) is 0 Å². The number of nitrogens with zero attached hydrogens (tertiary/aromatic N) is 1. The standard InChI is InChI=1S/C15H21N3O3S2/c1-4-8-23(20,21)15-18-12-7-6-11(9-13(12)22-15)17-14(19)16-10(3)5-2/h6-7,9-10H,4-5,8H2,1-3H3,(H2,16,17,19). The van der Waals surface area contributed by atoms with Gasteiger partial charge in [-0.2, -0.15) is 0 Å². The van der Waals surface area contributed by atoms with Gasteiger partial charge in [0.05, 0.1) is 16.0 Å². The van der Waals surface area contributed by atoms with Crippen LogP contribution in [-0.4, -0.2) is 31.2 Å². The molecule has 6 nitrogen and oxygen atoms in total. The van der Waals surface area contributed by atoms with Gasteiger partial charge in [0.25, 0.3) is 0 Å². The number of carbonyl (C=O) groups excluding carboxylic acids is 1. The van der Waals surface area contributed by atoms with Crippen molar-refractivity contribution in [2.24, 2.45) is 0 Å². The molecule has 1 aromatic carbocycles. The number of nitrogens with one attached hydrogen (secondary N) is 2. The fourth-order valence-corrected chi connectivity index (χ4v) is 4.68. The number of urea groups is 1. The first-order valence-corrected chi connectivity index (χ1v) is 10.0. The monoisotopic (exact) mass is 355 g/mol. The molecule has 0 aliphatic rings. The first-order valence-electron chi connectivity index (χ1n) is 7.56. The number of anilines is 1. The maximum absolute atomic E-state index is 12.1. The van der Waals surface area contributed by atoms with Crippen molar-refractivity contribution in [1.82, 2.24) is 10.3 Å². The molecule has 23 heavy (non-hydrogen) atoms. The van der Waals surface area contributed by atoms with Crippen LogP contribution in [0.2, 0.25) is 0 Å². The van der Waals surface area contributed by atoms with Crippen molar-refractivity contribution in [2.75, 3.05) is 11.1 Å². The second-order valence-corrected chi connectivity index (χ2v) is 8.70.